The first-order valence-electron chi connectivity index (χ1n) is 16.9. The normalized spacial score (nSPS) is 54.1. The SMILES string of the molecule is C[C@@H]1O[C@@H](O[C@@H]2[C@@H](O)[C@@H](O)CO[C@H]2O)[C@H](O)[C@H](O)[C@H]1O[C@@H]1O[C@H](CO)[C@H](O)[C@H](O[C@@H]2O[C@H](CO)[C@@H](O)[C@H](O)[C@H]2O)[C@H]1O[C@@H]1O[C@H](CO)[C@@H](O)[C@H](O)[C@H]1O. The molecule has 310 valence electrons. The van der Waals surface area contributed by atoms with E-state index in [9.17, 15) is 76.6 Å². The van der Waals surface area contributed by atoms with Crippen LogP contribution in [0.1, 0.15) is 6.92 Å². The van der Waals surface area contributed by atoms with E-state index in [0.717, 1.165) is 0 Å². The predicted molar refractivity (Wildman–Crippen MR) is 159 cm³/mol. The molecule has 24 nitrogen and oxygen atoms in total. The summed E-state index contributed by atoms with van der Waals surface area (Å²) in [6.45, 7) is -1.79. The van der Waals surface area contributed by atoms with Gasteiger partial charge in [0.05, 0.1) is 32.5 Å². The van der Waals surface area contributed by atoms with Crippen LogP contribution in [-0.2, 0) is 42.6 Å². The van der Waals surface area contributed by atoms with Gasteiger partial charge in [-0.05, 0) is 6.92 Å². The fourth-order valence-electron chi connectivity index (χ4n) is 6.66. The first kappa shape index (κ1) is 43.2. The Kier molecular flexibility index (Phi) is 14.7. The largest absolute Gasteiger partial charge is 0.394 e. The Hall–Kier alpha value is -0.960. The van der Waals surface area contributed by atoms with Crippen molar-refractivity contribution in [3.05, 3.63) is 0 Å². The molecule has 5 aliphatic heterocycles. The van der Waals surface area contributed by atoms with Crippen molar-refractivity contribution in [1.82, 2.24) is 0 Å². The Balaban J connectivity index is 1.42. The molecule has 0 bridgehead atoms. The summed E-state index contributed by atoms with van der Waals surface area (Å²) in [4.78, 5) is 0. The summed E-state index contributed by atoms with van der Waals surface area (Å²) >= 11 is 0. The van der Waals surface area contributed by atoms with E-state index in [0.29, 0.717) is 0 Å². The molecule has 5 saturated heterocycles. The highest BCUT2D eigenvalue weighted by molar-refractivity contribution is 4.98. The highest BCUT2D eigenvalue weighted by atomic mass is 16.8. The van der Waals surface area contributed by atoms with E-state index in [1.54, 1.807) is 0 Å². The number of hydrogen-bond acceptors (Lipinski definition) is 24. The zero-order chi connectivity index (χ0) is 39.0. The van der Waals surface area contributed by atoms with E-state index < -0.39 is 174 Å². The maximum Gasteiger partial charge on any atom is 0.187 e. The summed E-state index contributed by atoms with van der Waals surface area (Å²) in [6.07, 6.45) is -43.1. The average molecular weight is 783 g/mol. The van der Waals surface area contributed by atoms with Crippen LogP contribution in [0.3, 0.4) is 0 Å². The first-order valence-corrected chi connectivity index (χ1v) is 16.9. The Morgan fingerprint density at radius 3 is 1.36 bits per heavy atom. The molecule has 0 amide bonds. The van der Waals surface area contributed by atoms with Gasteiger partial charge in [-0.15, -0.1) is 0 Å². The lowest BCUT2D eigenvalue weighted by Gasteiger charge is -2.50. The Morgan fingerprint density at radius 2 is 0.830 bits per heavy atom. The van der Waals surface area contributed by atoms with Gasteiger partial charge >= 0.3 is 0 Å². The maximum absolute atomic E-state index is 11.3. The van der Waals surface area contributed by atoms with E-state index in [-0.39, 0.29) is 0 Å². The summed E-state index contributed by atoms with van der Waals surface area (Å²) in [6, 6.07) is 0. The molecule has 0 aliphatic carbocycles. The molecule has 0 aromatic heterocycles. The van der Waals surface area contributed by atoms with Gasteiger partial charge in [-0.3, -0.25) is 0 Å². The number of rotatable bonds is 11. The van der Waals surface area contributed by atoms with Crippen LogP contribution in [0.15, 0.2) is 0 Å². The van der Waals surface area contributed by atoms with Crippen LogP contribution in [0.25, 0.3) is 0 Å². The van der Waals surface area contributed by atoms with Crippen molar-refractivity contribution in [2.24, 2.45) is 0 Å². The van der Waals surface area contributed by atoms with Crippen molar-refractivity contribution in [3.8, 4) is 0 Å². The third-order valence-electron chi connectivity index (χ3n) is 9.89. The minimum Gasteiger partial charge on any atom is -0.394 e. The molecule has 0 saturated carbocycles. The third-order valence-corrected chi connectivity index (χ3v) is 9.89. The second-order valence-electron chi connectivity index (χ2n) is 13.5. The lowest BCUT2D eigenvalue weighted by molar-refractivity contribution is -0.407. The van der Waals surface area contributed by atoms with Crippen molar-refractivity contribution < 1.29 is 119 Å². The predicted octanol–water partition coefficient (Wildman–Crippen LogP) is -10.3. The Bertz CT molecular complexity index is 1140. The molecule has 53 heavy (non-hydrogen) atoms. The average Bonchev–Trinajstić information content (AvgIpc) is 3.14. The van der Waals surface area contributed by atoms with Gasteiger partial charge in [-0.1, -0.05) is 0 Å². The van der Waals surface area contributed by atoms with Crippen LogP contribution < -0.4 is 0 Å². The smallest absolute Gasteiger partial charge is 0.187 e. The molecule has 0 spiro atoms. The summed E-state index contributed by atoms with van der Waals surface area (Å²) in [5, 5.41) is 156. The van der Waals surface area contributed by atoms with Crippen LogP contribution in [0.5, 0.6) is 0 Å². The van der Waals surface area contributed by atoms with Crippen LogP contribution in [0, 0.1) is 0 Å². The second-order valence-corrected chi connectivity index (χ2v) is 13.5. The van der Waals surface area contributed by atoms with Crippen molar-refractivity contribution in [3.63, 3.8) is 0 Å². The molecule has 0 aromatic carbocycles. The molecule has 0 unspecified atom stereocenters. The van der Waals surface area contributed by atoms with E-state index in [1.807, 2.05) is 0 Å². The van der Waals surface area contributed by atoms with Gasteiger partial charge in [0.25, 0.3) is 0 Å². The van der Waals surface area contributed by atoms with Crippen molar-refractivity contribution in [2.75, 3.05) is 26.4 Å². The van der Waals surface area contributed by atoms with Crippen molar-refractivity contribution >= 4 is 0 Å². The lowest BCUT2D eigenvalue weighted by atomic mass is 9.95. The molecule has 5 rings (SSSR count). The molecule has 24 heteroatoms. The summed E-state index contributed by atoms with van der Waals surface area (Å²) in [7, 11) is 0. The zero-order valence-electron chi connectivity index (χ0n) is 28.1. The molecular weight excluding hydrogens is 732 g/mol. The summed E-state index contributed by atoms with van der Waals surface area (Å²) in [5.74, 6) is 0. The maximum atomic E-state index is 11.3. The highest BCUT2D eigenvalue weighted by Gasteiger charge is 2.57. The fraction of sp³-hybridized carbons (Fsp3) is 1.00. The van der Waals surface area contributed by atoms with E-state index in [4.69, 9.17) is 42.6 Å². The molecule has 5 fully saturated rings. The van der Waals surface area contributed by atoms with Crippen LogP contribution in [0.2, 0.25) is 0 Å². The zero-order valence-corrected chi connectivity index (χ0v) is 28.1. The number of aliphatic hydroxyl groups is 15. The Labute approximate surface area is 300 Å². The number of hydrogen-bond donors (Lipinski definition) is 15. The van der Waals surface area contributed by atoms with Gasteiger partial charge in [-0.2, -0.15) is 0 Å². The highest BCUT2D eigenvalue weighted by Crippen LogP contribution is 2.36. The van der Waals surface area contributed by atoms with Gasteiger partial charge in [0, 0.05) is 0 Å². The number of ether oxygens (including phenoxy) is 9. The van der Waals surface area contributed by atoms with E-state index in [2.05, 4.69) is 0 Å². The molecular formula is C29H50O24. The first-order chi connectivity index (χ1) is 25.0. The minimum atomic E-state index is -2.05. The van der Waals surface area contributed by atoms with Gasteiger partial charge in [0.1, 0.15) is 110 Å². The van der Waals surface area contributed by atoms with Crippen LogP contribution >= 0.6 is 0 Å². The Morgan fingerprint density at radius 1 is 0.415 bits per heavy atom. The van der Waals surface area contributed by atoms with Crippen LogP contribution in [-0.4, -0.2) is 250 Å². The van der Waals surface area contributed by atoms with E-state index in [1.165, 1.54) is 6.92 Å². The molecule has 24 atom stereocenters. The quantitative estimate of drug-likeness (QED) is 0.0925. The number of aliphatic hydroxyl groups excluding tert-OH is 15. The minimum absolute atomic E-state index is 0.427. The van der Waals surface area contributed by atoms with Crippen molar-refractivity contribution in [2.45, 2.75) is 154 Å². The van der Waals surface area contributed by atoms with Crippen molar-refractivity contribution in [1.29, 1.82) is 0 Å². The third kappa shape index (κ3) is 8.81. The van der Waals surface area contributed by atoms with Gasteiger partial charge in [0.15, 0.2) is 31.5 Å². The molecule has 0 aromatic rings. The lowest BCUT2D eigenvalue weighted by Crippen LogP contribution is -2.68. The molecule has 0 radical (unpaired) electrons. The van der Waals surface area contributed by atoms with Gasteiger partial charge in [0.2, 0.25) is 0 Å². The second kappa shape index (κ2) is 18.1. The van der Waals surface area contributed by atoms with E-state index >= 15 is 0 Å². The van der Waals surface area contributed by atoms with Gasteiger partial charge in [-0.25, -0.2) is 0 Å². The summed E-state index contributed by atoms with van der Waals surface area (Å²) in [5.41, 5.74) is 0. The monoisotopic (exact) mass is 782 g/mol. The van der Waals surface area contributed by atoms with Crippen LogP contribution in [0.4, 0.5) is 0 Å². The molecule has 15 N–H and O–H groups in total. The molecule has 5 heterocycles. The fourth-order valence-corrected chi connectivity index (χ4v) is 6.66. The van der Waals surface area contributed by atoms with Gasteiger partial charge < -0.3 is 119 Å². The standard InChI is InChI=1S/C29H50O24/c1-6-21(17(40)20(43)26(46-6)52-23-11(34)7(33)5-45-25(23)44)50-29-24(53-28-19(42)16(39)13(36)9(3-31)48-28)22(14(37)10(4-32)49-29)51-27-18(41)15(38)12(35)8(2-30)47-27/h6-44H,2-5H2,1H3/t6-,7-,8+,9+,10+,11-,12+,13+,14-,15-,16-,17-,18+,19+,20+,21-,22-,23+,24+,25+,26-,27-,28-,29-/m0/s1. The topological polar surface area (TPSA) is 387 Å². The summed E-state index contributed by atoms with van der Waals surface area (Å²) < 4.78 is 50.3. The molecule has 5 aliphatic rings.